The minimum Gasteiger partial charge on any atom is -0.349 e. The lowest BCUT2D eigenvalue weighted by Gasteiger charge is -2.29. The fraction of sp³-hybridized carbons (Fsp3) is 0.360. The van der Waals surface area contributed by atoms with Gasteiger partial charge in [-0.1, -0.05) is 12.1 Å². The molecule has 0 unspecified atom stereocenters. The van der Waals surface area contributed by atoms with Crippen LogP contribution in [0.25, 0.3) is 11.4 Å². The predicted octanol–water partition coefficient (Wildman–Crippen LogP) is 4.24. The lowest BCUT2D eigenvalue weighted by Crippen LogP contribution is -2.41. The van der Waals surface area contributed by atoms with Crippen LogP contribution in [0.3, 0.4) is 0 Å². The number of carbonyl (C=O) groups excluding carboxylic acids is 1. The van der Waals surface area contributed by atoms with Crippen molar-refractivity contribution in [3.8, 4) is 11.4 Å². The van der Waals surface area contributed by atoms with Crippen LogP contribution in [0.15, 0.2) is 59.6 Å². The van der Waals surface area contributed by atoms with E-state index in [0.29, 0.717) is 31.5 Å². The molecule has 1 amide bonds. The number of aryl methyl sites for hydroxylation is 1. The number of carbonyl (C=O) groups is 1. The Morgan fingerprint density at radius 2 is 1.71 bits per heavy atom. The van der Waals surface area contributed by atoms with E-state index in [-0.39, 0.29) is 34.6 Å². The van der Waals surface area contributed by atoms with Crippen molar-refractivity contribution in [2.75, 3.05) is 0 Å². The average molecular weight is 485 g/mol. The highest BCUT2D eigenvalue weighted by Crippen LogP contribution is 2.27. The molecule has 9 heteroatoms. The van der Waals surface area contributed by atoms with E-state index in [0.717, 1.165) is 16.8 Å². The molecule has 1 fully saturated rings. The topological polar surface area (TPSA) is 104 Å². The molecule has 7 nitrogen and oxygen atoms in total. The normalized spacial score (nSPS) is 19.5. The number of rotatable bonds is 7. The third kappa shape index (κ3) is 5.71. The van der Waals surface area contributed by atoms with Gasteiger partial charge in [0.1, 0.15) is 11.6 Å². The molecule has 2 aromatic carbocycles. The Hall–Kier alpha value is -3.04. The maximum atomic E-state index is 13.1. The van der Waals surface area contributed by atoms with Gasteiger partial charge < -0.3 is 10.3 Å². The molecular formula is C25H29FN4O3S. The summed E-state index contributed by atoms with van der Waals surface area (Å²) in [6.45, 7) is 3.75. The van der Waals surface area contributed by atoms with Crippen molar-refractivity contribution in [3.63, 3.8) is 0 Å². The predicted molar refractivity (Wildman–Crippen MR) is 128 cm³/mol. The quantitative estimate of drug-likeness (QED) is 0.467. The first-order chi connectivity index (χ1) is 16.2. The van der Waals surface area contributed by atoms with E-state index >= 15 is 0 Å². The summed E-state index contributed by atoms with van der Waals surface area (Å²) < 4.78 is 41.6. The van der Waals surface area contributed by atoms with Gasteiger partial charge >= 0.3 is 0 Å². The van der Waals surface area contributed by atoms with Crippen LogP contribution in [0.5, 0.6) is 0 Å². The highest BCUT2D eigenvalue weighted by Gasteiger charge is 2.29. The summed E-state index contributed by atoms with van der Waals surface area (Å²) in [6.07, 6.45) is 4.18. The van der Waals surface area contributed by atoms with Crippen LogP contribution in [0.4, 0.5) is 4.39 Å². The second-order valence-corrected chi connectivity index (χ2v) is 10.6. The number of sulfonamides is 1. The third-order valence-electron chi connectivity index (χ3n) is 6.29. The Balaban J connectivity index is 1.29. The number of nitrogens with zero attached hydrogens (tertiary/aromatic N) is 1. The van der Waals surface area contributed by atoms with Crippen molar-refractivity contribution in [2.45, 2.75) is 56.5 Å². The number of imidazole rings is 1. The number of nitrogens with one attached hydrogen (secondary N) is 3. The van der Waals surface area contributed by atoms with Gasteiger partial charge in [-0.15, -0.1) is 0 Å². The average Bonchev–Trinajstić information content (AvgIpc) is 3.26. The molecule has 0 radical (unpaired) electrons. The van der Waals surface area contributed by atoms with E-state index in [4.69, 9.17) is 0 Å². The third-order valence-corrected chi connectivity index (χ3v) is 7.83. The van der Waals surface area contributed by atoms with Gasteiger partial charge in [0, 0.05) is 23.7 Å². The second-order valence-electron chi connectivity index (χ2n) is 8.87. The van der Waals surface area contributed by atoms with Crippen LogP contribution in [-0.2, 0) is 14.8 Å². The van der Waals surface area contributed by atoms with E-state index in [2.05, 4.69) is 20.0 Å². The van der Waals surface area contributed by atoms with Gasteiger partial charge in [-0.25, -0.2) is 22.5 Å². The van der Waals surface area contributed by atoms with Crippen molar-refractivity contribution in [1.29, 1.82) is 0 Å². The van der Waals surface area contributed by atoms with Crippen LogP contribution in [-0.4, -0.2) is 30.3 Å². The van der Waals surface area contributed by atoms with Gasteiger partial charge in [-0.3, -0.25) is 4.79 Å². The molecule has 1 aromatic heterocycles. The van der Waals surface area contributed by atoms with Crippen LogP contribution in [0, 0.1) is 18.7 Å². The molecule has 1 atom stereocenters. The first-order valence-corrected chi connectivity index (χ1v) is 12.9. The summed E-state index contributed by atoms with van der Waals surface area (Å²) >= 11 is 0. The molecular weight excluding hydrogens is 455 g/mol. The molecule has 1 aliphatic rings. The van der Waals surface area contributed by atoms with Crippen molar-refractivity contribution in [1.82, 2.24) is 20.0 Å². The number of H-pyrrole nitrogens is 1. The molecule has 0 aliphatic heterocycles. The summed E-state index contributed by atoms with van der Waals surface area (Å²) in [6, 6.07) is 12.3. The van der Waals surface area contributed by atoms with Crippen molar-refractivity contribution >= 4 is 15.9 Å². The highest BCUT2D eigenvalue weighted by molar-refractivity contribution is 7.89. The Kier molecular flexibility index (Phi) is 7.13. The lowest BCUT2D eigenvalue weighted by molar-refractivity contribution is -0.126. The molecule has 1 heterocycles. The van der Waals surface area contributed by atoms with Gasteiger partial charge in [-0.05, 0) is 81.5 Å². The van der Waals surface area contributed by atoms with E-state index in [9.17, 15) is 17.6 Å². The Morgan fingerprint density at radius 3 is 2.29 bits per heavy atom. The SMILES string of the molecule is Cc1c[nH]c(-c2ccc(S(=O)(=O)N[C@H]3CC[C@H](C(=O)N[C@H](C)c4ccc(F)cc4)CC3)cc2)n1. The fourth-order valence-corrected chi connectivity index (χ4v) is 5.59. The zero-order chi connectivity index (χ0) is 24.3. The van der Waals surface area contributed by atoms with Crippen molar-refractivity contribution in [3.05, 3.63) is 71.8 Å². The van der Waals surface area contributed by atoms with E-state index < -0.39 is 10.0 Å². The van der Waals surface area contributed by atoms with Crippen LogP contribution in [0.1, 0.15) is 49.9 Å². The second kappa shape index (κ2) is 10.1. The van der Waals surface area contributed by atoms with E-state index in [1.807, 2.05) is 13.8 Å². The fourth-order valence-electron chi connectivity index (χ4n) is 4.28. The summed E-state index contributed by atoms with van der Waals surface area (Å²) in [5.41, 5.74) is 2.51. The molecule has 0 spiro atoms. The molecule has 1 saturated carbocycles. The van der Waals surface area contributed by atoms with Gasteiger partial charge in [0.15, 0.2) is 0 Å². The van der Waals surface area contributed by atoms with Gasteiger partial charge in [0.05, 0.1) is 16.6 Å². The molecule has 34 heavy (non-hydrogen) atoms. The lowest BCUT2D eigenvalue weighted by atomic mass is 9.85. The van der Waals surface area contributed by atoms with Gasteiger partial charge in [-0.2, -0.15) is 0 Å². The minimum atomic E-state index is -3.66. The first kappa shape index (κ1) is 24.1. The van der Waals surface area contributed by atoms with Crippen LogP contribution in [0.2, 0.25) is 0 Å². The number of hydrogen-bond donors (Lipinski definition) is 3. The molecule has 0 bridgehead atoms. The maximum Gasteiger partial charge on any atom is 0.240 e. The molecule has 3 aromatic rings. The molecule has 4 rings (SSSR count). The zero-order valence-electron chi connectivity index (χ0n) is 19.2. The Labute approximate surface area is 199 Å². The maximum absolute atomic E-state index is 13.1. The summed E-state index contributed by atoms with van der Waals surface area (Å²) in [4.78, 5) is 20.3. The molecule has 1 aliphatic carbocycles. The molecule has 3 N–H and O–H groups in total. The number of halogens is 1. The first-order valence-electron chi connectivity index (χ1n) is 11.4. The largest absolute Gasteiger partial charge is 0.349 e. The zero-order valence-corrected chi connectivity index (χ0v) is 20.0. The monoisotopic (exact) mass is 484 g/mol. The van der Waals surface area contributed by atoms with E-state index in [1.165, 1.54) is 12.1 Å². The number of aromatic amines is 1. The smallest absolute Gasteiger partial charge is 0.240 e. The van der Waals surface area contributed by atoms with Crippen LogP contribution < -0.4 is 10.0 Å². The Bertz CT molecular complexity index is 1230. The van der Waals surface area contributed by atoms with Gasteiger partial charge in [0.2, 0.25) is 15.9 Å². The van der Waals surface area contributed by atoms with E-state index in [1.54, 1.807) is 42.6 Å². The summed E-state index contributed by atoms with van der Waals surface area (Å²) in [5, 5.41) is 2.99. The molecule has 0 saturated heterocycles. The van der Waals surface area contributed by atoms with Gasteiger partial charge in [0.25, 0.3) is 0 Å². The van der Waals surface area contributed by atoms with Crippen LogP contribution >= 0.6 is 0 Å². The Morgan fingerprint density at radius 1 is 1.06 bits per heavy atom. The summed E-state index contributed by atoms with van der Waals surface area (Å²) in [5.74, 6) is 0.160. The number of benzene rings is 2. The number of amides is 1. The summed E-state index contributed by atoms with van der Waals surface area (Å²) in [7, 11) is -3.66. The van der Waals surface area contributed by atoms with Crippen molar-refractivity contribution in [2.24, 2.45) is 5.92 Å². The van der Waals surface area contributed by atoms with Crippen molar-refractivity contribution < 1.29 is 17.6 Å². The minimum absolute atomic E-state index is 0.0538. The molecule has 180 valence electrons. The number of hydrogen-bond acceptors (Lipinski definition) is 4. The highest BCUT2D eigenvalue weighted by atomic mass is 32.2. The standard InChI is InChI=1S/C25H29FN4O3S/c1-16-15-27-24(28-16)19-7-13-23(14-8-19)34(32,33)30-22-11-5-20(6-12-22)25(31)29-17(2)18-3-9-21(26)10-4-18/h3-4,7-10,13-15,17,20,22,30H,5-6,11-12H2,1-2H3,(H,27,28)(H,29,31)/t17-,20-,22-/m1/s1. The number of aromatic nitrogens is 2.